The second-order valence-corrected chi connectivity index (χ2v) is 5.49. The van der Waals surface area contributed by atoms with E-state index in [4.69, 9.17) is 4.74 Å². The Hall–Kier alpha value is -1.45. The van der Waals surface area contributed by atoms with Crippen LogP contribution in [0.5, 0.6) is 0 Å². The smallest absolute Gasteiger partial charge is 0.162 e. The molecule has 0 saturated heterocycles. The molecule has 0 aliphatic carbocycles. The van der Waals surface area contributed by atoms with Crippen LogP contribution < -0.4 is 0 Å². The average molecular weight is 333 g/mol. The molecule has 0 atom stereocenters. The quantitative estimate of drug-likeness (QED) is 0.545. The van der Waals surface area contributed by atoms with Crippen LogP contribution in [0.3, 0.4) is 0 Å². The summed E-state index contributed by atoms with van der Waals surface area (Å²) in [7, 11) is 0. The van der Waals surface area contributed by atoms with Gasteiger partial charge in [-0.25, -0.2) is 0 Å². The molecule has 104 valence electrons. The minimum absolute atomic E-state index is 0.177. The van der Waals surface area contributed by atoms with Gasteiger partial charge in [-0.3, -0.25) is 4.79 Å². The fourth-order valence-corrected chi connectivity index (χ4v) is 2.37. The number of rotatable bonds is 7. The van der Waals surface area contributed by atoms with Crippen LogP contribution in [0, 0.1) is 0 Å². The number of benzene rings is 2. The van der Waals surface area contributed by atoms with E-state index in [-0.39, 0.29) is 5.78 Å². The van der Waals surface area contributed by atoms with E-state index < -0.39 is 0 Å². The monoisotopic (exact) mass is 332 g/mol. The Labute approximate surface area is 127 Å². The molecule has 2 aromatic carbocycles. The van der Waals surface area contributed by atoms with Crippen molar-refractivity contribution in [3.05, 3.63) is 70.2 Å². The highest BCUT2D eigenvalue weighted by atomic mass is 79.9. The van der Waals surface area contributed by atoms with E-state index in [2.05, 4.69) is 15.9 Å². The Bertz CT molecular complexity index is 552. The highest BCUT2D eigenvalue weighted by Gasteiger charge is 2.04. The van der Waals surface area contributed by atoms with Crippen molar-refractivity contribution in [1.29, 1.82) is 0 Å². The molecule has 0 aliphatic heterocycles. The highest BCUT2D eigenvalue weighted by Crippen LogP contribution is 2.12. The Kier molecular flexibility index (Phi) is 5.96. The summed E-state index contributed by atoms with van der Waals surface area (Å²) in [5, 5.41) is 0. The standard InChI is InChI=1S/C17H17BrO2/c18-16-9-4-6-14(12-16)13-20-11-5-10-17(19)15-7-2-1-3-8-15/h1-4,6-9,12H,5,10-11,13H2. The molecule has 0 heterocycles. The van der Waals surface area contributed by atoms with E-state index in [1.807, 2.05) is 54.6 Å². The first-order valence-corrected chi connectivity index (χ1v) is 7.45. The SMILES string of the molecule is O=C(CCCOCc1cccc(Br)c1)c1ccccc1. The third-order valence-corrected chi connectivity index (χ3v) is 3.44. The maximum absolute atomic E-state index is 11.9. The van der Waals surface area contributed by atoms with E-state index in [0.29, 0.717) is 19.6 Å². The fourth-order valence-electron chi connectivity index (χ4n) is 1.92. The van der Waals surface area contributed by atoms with Crippen molar-refractivity contribution < 1.29 is 9.53 Å². The van der Waals surface area contributed by atoms with Crippen LogP contribution >= 0.6 is 15.9 Å². The summed E-state index contributed by atoms with van der Waals surface area (Å²) in [6.45, 7) is 1.18. The zero-order chi connectivity index (χ0) is 14.2. The predicted molar refractivity (Wildman–Crippen MR) is 83.8 cm³/mol. The Balaban J connectivity index is 1.66. The second kappa shape index (κ2) is 7.98. The molecule has 0 amide bonds. The lowest BCUT2D eigenvalue weighted by atomic mass is 10.1. The maximum Gasteiger partial charge on any atom is 0.162 e. The Morgan fingerprint density at radius 2 is 1.85 bits per heavy atom. The lowest BCUT2D eigenvalue weighted by molar-refractivity contribution is 0.0919. The van der Waals surface area contributed by atoms with Crippen LogP contribution in [-0.4, -0.2) is 12.4 Å². The molecule has 0 saturated carbocycles. The summed E-state index contributed by atoms with van der Waals surface area (Å²) in [4.78, 5) is 11.9. The molecule has 2 nitrogen and oxygen atoms in total. The molecule has 3 heteroatoms. The molecule has 0 fully saturated rings. The van der Waals surface area contributed by atoms with Gasteiger partial charge in [-0.15, -0.1) is 0 Å². The first-order chi connectivity index (χ1) is 9.75. The molecular formula is C17H17BrO2. The van der Waals surface area contributed by atoms with Gasteiger partial charge in [0.2, 0.25) is 0 Å². The van der Waals surface area contributed by atoms with E-state index in [1.165, 1.54) is 0 Å². The molecular weight excluding hydrogens is 316 g/mol. The second-order valence-electron chi connectivity index (χ2n) is 4.58. The van der Waals surface area contributed by atoms with Gasteiger partial charge in [0, 0.05) is 23.1 Å². The van der Waals surface area contributed by atoms with Crippen molar-refractivity contribution in [1.82, 2.24) is 0 Å². The van der Waals surface area contributed by atoms with E-state index >= 15 is 0 Å². The van der Waals surface area contributed by atoms with Crippen molar-refractivity contribution in [2.45, 2.75) is 19.4 Å². The van der Waals surface area contributed by atoms with Crippen LogP contribution in [-0.2, 0) is 11.3 Å². The first-order valence-electron chi connectivity index (χ1n) is 6.66. The van der Waals surface area contributed by atoms with Crippen LogP contribution in [0.4, 0.5) is 0 Å². The molecule has 0 unspecified atom stereocenters. The summed E-state index contributed by atoms with van der Waals surface area (Å²) >= 11 is 3.43. The molecule has 2 rings (SSSR count). The molecule has 0 bridgehead atoms. The van der Waals surface area contributed by atoms with E-state index in [0.717, 1.165) is 22.0 Å². The van der Waals surface area contributed by atoms with Gasteiger partial charge >= 0.3 is 0 Å². The van der Waals surface area contributed by atoms with Crippen molar-refractivity contribution in [3.63, 3.8) is 0 Å². The summed E-state index contributed by atoms with van der Waals surface area (Å²) in [6, 6.07) is 17.4. The van der Waals surface area contributed by atoms with Gasteiger partial charge < -0.3 is 4.74 Å². The number of hydrogen-bond donors (Lipinski definition) is 0. The number of hydrogen-bond acceptors (Lipinski definition) is 2. The van der Waals surface area contributed by atoms with Crippen LogP contribution in [0.15, 0.2) is 59.1 Å². The number of carbonyl (C=O) groups excluding carboxylic acids is 1. The predicted octanol–water partition coefficient (Wildman–Crippen LogP) is 4.63. The lowest BCUT2D eigenvalue weighted by Gasteiger charge is -2.05. The third kappa shape index (κ3) is 4.91. The first kappa shape index (κ1) is 14.9. The zero-order valence-corrected chi connectivity index (χ0v) is 12.8. The van der Waals surface area contributed by atoms with E-state index in [9.17, 15) is 4.79 Å². The van der Waals surface area contributed by atoms with Gasteiger partial charge in [0.05, 0.1) is 6.61 Å². The van der Waals surface area contributed by atoms with Gasteiger partial charge in [-0.05, 0) is 24.1 Å². The minimum atomic E-state index is 0.177. The van der Waals surface area contributed by atoms with Gasteiger partial charge in [0.25, 0.3) is 0 Å². The third-order valence-electron chi connectivity index (χ3n) is 2.95. The van der Waals surface area contributed by atoms with Gasteiger partial charge in [-0.2, -0.15) is 0 Å². The molecule has 0 spiro atoms. The van der Waals surface area contributed by atoms with Crippen LogP contribution in [0.25, 0.3) is 0 Å². The number of carbonyl (C=O) groups is 1. The molecule has 0 radical (unpaired) electrons. The van der Waals surface area contributed by atoms with Crippen LogP contribution in [0.2, 0.25) is 0 Å². The molecule has 0 aliphatic rings. The normalized spacial score (nSPS) is 10.4. The van der Waals surface area contributed by atoms with Gasteiger partial charge in [0.15, 0.2) is 5.78 Å². The number of Topliss-reactive ketones (excluding diaryl/α,β-unsaturated/α-hetero) is 1. The summed E-state index contributed by atoms with van der Waals surface area (Å²) in [5.74, 6) is 0.177. The van der Waals surface area contributed by atoms with Crippen LogP contribution in [0.1, 0.15) is 28.8 Å². The van der Waals surface area contributed by atoms with Gasteiger partial charge in [-0.1, -0.05) is 58.4 Å². The lowest BCUT2D eigenvalue weighted by Crippen LogP contribution is -2.02. The Morgan fingerprint density at radius 3 is 2.60 bits per heavy atom. The summed E-state index contributed by atoms with van der Waals surface area (Å²) in [6.07, 6.45) is 1.28. The molecule has 20 heavy (non-hydrogen) atoms. The Morgan fingerprint density at radius 1 is 1.05 bits per heavy atom. The van der Waals surface area contributed by atoms with E-state index in [1.54, 1.807) is 0 Å². The molecule has 0 N–H and O–H groups in total. The number of halogens is 1. The molecule has 0 aromatic heterocycles. The van der Waals surface area contributed by atoms with Gasteiger partial charge in [0.1, 0.15) is 0 Å². The summed E-state index contributed by atoms with van der Waals surface area (Å²) in [5.41, 5.74) is 1.91. The topological polar surface area (TPSA) is 26.3 Å². The summed E-state index contributed by atoms with van der Waals surface area (Å²) < 4.78 is 6.64. The number of ether oxygens (including phenoxy) is 1. The fraction of sp³-hybridized carbons (Fsp3) is 0.235. The zero-order valence-electron chi connectivity index (χ0n) is 11.2. The minimum Gasteiger partial charge on any atom is -0.377 e. The number of ketones is 1. The average Bonchev–Trinajstić information content (AvgIpc) is 2.48. The molecule has 2 aromatic rings. The highest BCUT2D eigenvalue weighted by molar-refractivity contribution is 9.10. The van der Waals surface area contributed by atoms with Crippen molar-refractivity contribution in [2.24, 2.45) is 0 Å². The van der Waals surface area contributed by atoms with Crippen molar-refractivity contribution in [3.8, 4) is 0 Å². The van der Waals surface area contributed by atoms with Crippen molar-refractivity contribution in [2.75, 3.05) is 6.61 Å². The van der Waals surface area contributed by atoms with Crippen molar-refractivity contribution >= 4 is 21.7 Å². The largest absolute Gasteiger partial charge is 0.377 e. The maximum atomic E-state index is 11.9.